The molecule has 0 radical (unpaired) electrons. The van der Waals surface area contributed by atoms with E-state index in [1.54, 1.807) is 31.2 Å². The van der Waals surface area contributed by atoms with Gasteiger partial charge in [0, 0.05) is 5.75 Å². The topological polar surface area (TPSA) is 84.0 Å². The van der Waals surface area contributed by atoms with Gasteiger partial charge in [0.2, 0.25) is 0 Å². The summed E-state index contributed by atoms with van der Waals surface area (Å²) in [5.41, 5.74) is 0.576. The van der Waals surface area contributed by atoms with E-state index in [1.807, 2.05) is 0 Å². The summed E-state index contributed by atoms with van der Waals surface area (Å²) < 4.78 is 4.81. The van der Waals surface area contributed by atoms with Crippen molar-refractivity contribution in [1.29, 1.82) is 0 Å². The van der Waals surface area contributed by atoms with Crippen LogP contribution in [0.2, 0.25) is 0 Å². The van der Waals surface area contributed by atoms with Crippen LogP contribution in [0.15, 0.2) is 24.3 Å². The number of amides is 3. The minimum atomic E-state index is -0.989. The van der Waals surface area contributed by atoms with Gasteiger partial charge >= 0.3 is 5.97 Å². The first-order chi connectivity index (χ1) is 12.3. The highest BCUT2D eigenvalue weighted by molar-refractivity contribution is 8.00. The first kappa shape index (κ1) is 17.4. The molecule has 2 saturated heterocycles. The van der Waals surface area contributed by atoms with E-state index in [2.05, 4.69) is 0 Å². The summed E-state index contributed by atoms with van der Waals surface area (Å²) >= 11 is 7.80. The van der Waals surface area contributed by atoms with E-state index in [9.17, 15) is 19.2 Å². The maximum absolute atomic E-state index is 12.8. The summed E-state index contributed by atoms with van der Waals surface area (Å²) in [7, 11) is 1.23. The van der Waals surface area contributed by atoms with Gasteiger partial charge in [0.05, 0.1) is 23.1 Å². The number of methoxy groups -OCH3 is 1. The maximum Gasteiger partial charge on any atom is 0.330 e. The number of fused-ring (bicyclic) bond motifs is 2. The fraction of sp³-hybridized carbons (Fsp3) is 0.412. The maximum atomic E-state index is 12.8. The average Bonchev–Trinajstić information content (AvgIpc) is 2.86. The van der Waals surface area contributed by atoms with Crippen molar-refractivity contribution in [2.24, 2.45) is 0 Å². The molecular formula is C17H15ClN2O5S. The van der Waals surface area contributed by atoms with Gasteiger partial charge in [0.15, 0.2) is 6.04 Å². The minimum absolute atomic E-state index is 0.288. The largest absolute Gasteiger partial charge is 0.467 e. The molecule has 0 bridgehead atoms. The Morgan fingerprint density at radius 2 is 1.81 bits per heavy atom. The second-order valence-corrected chi connectivity index (χ2v) is 8.59. The number of hydrogen-bond donors (Lipinski definition) is 0. The Labute approximate surface area is 158 Å². The molecule has 2 unspecified atom stereocenters. The SMILES string of the molecule is COC(=O)C1N2C(=O)C(N3C(=O)c4ccccc4C3=O)[C@H]2SC[C@@]1(C)Cl. The van der Waals surface area contributed by atoms with Crippen LogP contribution < -0.4 is 0 Å². The molecule has 4 rings (SSSR count). The number of esters is 1. The smallest absolute Gasteiger partial charge is 0.330 e. The van der Waals surface area contributed by atoms with Crippen molar-refractivity contribution in [3.63, 3.8) is 0 Å². The van der Waals surface area contributed by atoms with Crippen molar-refractivity contribution >= 4 is 47.1 Å². The molecule has 0 saturated carbocycles. The van der Waals surface area contributed by atoms with E-state index in [0.29, 0.717) is 5.75 Å². The number of β-lactam (4-membered cyclic amide) rings is 1. The van der Waals surface area contributed by atoms with Gasteiger partial charge in [-0.15, -0.1) is 23.4 Å². The first-order valence-electron chi connectivity index (χ1n) is 7.97. The zero-order chi connectivity index (χ0) is 18.8. The lowest BCUT2D eigenvalue weighted by molar-refractivity contribution is -0.167. The number of thioether (sulfide) groups is 1. The predicted octanol–water partition coefficient (Wildman–Crippen LogP) is 1.11. The van der Waals surface area contributed by atoms with Crippen molar-refractivity contribution in [3.05, 3.63) is 35.4 Å². The molecule has 9 heteroatoms. The van der Waals surface area contributed by atoms with Crippen LogP contribution in [-0.2, 0) is 14.3 Å². The molecule has 1 aromatic carbocycles. The molecule has 4 atom stereocenters. The lowest BCUT2D eigenvalue weighted by Crippen LogP contribution is -2.78. The van der Waals surface area contributed by atoms with Crippen molar-refractivity contribution < 1.29 is 23.9 Å². The summed E-state index contributed by atoms with van der Waals surface area (Å²) in [5.74, 6) is -1.68. The third kappa shape index (κ3) is 2.15. The summed E-state index contributed by atoms with van der Waals surface area (Å²) in [6, 6.07) is 4.58. The molecule has 136 valence electrons. The molecule has 3 heterocycles. The Hall–Kier alpha value is -2.06. The number of imide groups is 1. The van der Waals surface area contributed by atoms with Crippen LogP contribution in [0.5, 0.6) is 0 Å². The molecule has 0 aliphatic carbocycles. The second kappa shape index (κ2) is 5.72. The highest BCUT2D eigenvalue weighted by Gasteiger charge is 2.64. The average molecular weight is 395 g/mol. The number of ether oxygens (including phenoxy) is 1. The number of halogens is 1. The molecule has 3 amide bonds. The summed E-state index contributed by atoms with van der Waals surface area (Å²) in [4.78, 5) is 51.7. The molecule has 3 aliphatic heterocycles. The lowest BCUT2D eigenvalue weighted by atomic mass is 9.93. The Kier molecular flexibility index (Phi) is 3.82. The molecule has 7 nitrogen and oxygen atoms in total. The van der Waals surface area contributed by atoms with Crippen molar-refractivity contribution in [2.75, 3.05) is 12.9 Å². The van der Waals surface area contributed by atoms with Crippen LogP contribution in [0.4, 0.5) is 0 Å². The number of hydrogen-bond acceptors (Lipinski definition) is 6. The third-order valence-corrected chi connectivity index (χ3v) is 7.06. The molecule has 0 N–H and O–H groups in total. The van der Waals surface area contributed by atoms with Gasteiger partial charge in [-0.05, 0) is 19.1 Å². The van der Waals surface area contributed by atoms with Gasteiger partial charge in [-0.1, -0.05) is 12.1 Å². The second-order valence-electron chi connectivity index (χ2n) is 6.62. The van der Waals surface area contributed by atoms with Gasteiger partial charge in [-0.3, -0.25) is 19.3 Å². The van der Waals surface area contributed by atoms with E-state index in [-0.39, 0.29) is 11.1 Å². The number of carbonyl (C=O) groups is 4. The predicted molar refractivity (Wildman–Crippen MR) is 93.9 cm³/mol. The highest BCUT2D eigenvalue weighted by Crippen LogP contribution is 2.47. The summed E-state index contributed by atoms with van der Waals surface area (Å²) in [5, 5.41) is -0.513. The van der Waals surface area contributed by atoms with Crippen LogP contribution >= 0.6 is 23.4 Å². The molecule has 26 heavy (non-hydrogen) atoms. The van der Waals surface area contributed by atoms with Gasteiger partial charge in [0.25, 0.3) is 17.7 Å². The number of benzene rings is 1. The molecule has 2 fully saturated rings. The Morgan fingerprint density at radius 1 is 1.23 bits per heavy atom. The molecule has 0 spiro atoms. The summed E-state index contributed by atoms with van der Waals surface area (Å²) in [6.45, 7) is 1.67. The third-order valence-electron chi connectivity index (χ3n) is 4.96. The quantitative estimate of drug-likeness (QED) is 0.323. The monoisotopic (exact) mass is 394 g/mol. The van der Waals surface area contributed by atoms with E-state index in [0.717, 1.165) is 4.90 Å². The summed E-state index contributed by atoms with van der Waals surface area (Å²) in [6.07, 6.45) is 0. The lowest BCUT2D eigenvalue weighted by Gasteiger charge is -2.57. The Morgan fingerprint density at radius 3 is 2.35 bits per heavy atom. The molecule has 0 aromatic heterocycles. The van der Waals surface area contributed by atoms with E-state index < -0.39 is 46.0 Å². The molecule has 3 aliphatic rings. The molecular weight excluding hydrogens is 380 g/mol. The Balaban J connectivity index is 1.66. The highest BCUT2D eigenvalue weighted by atomic mass is 35.5. The number of alkyl halides is 1. The van der Waals surface area contributed by atoms with Crippen molar-refractivity contribution in [3.8, 4) is 0 Å². The van der Waals surface area contributed by atoms with Gasteiger partial charge in [-0.2, -0.15) is 0 Å². The zero-order valence-corrected chi connectivity index (χ0v) is 15.5. The van der Waals surface area contributed by atoms with Crippen molar-refractivity contribution in [2.45, 2.75) is 29.3 Å². The van der Waals surface area contributed by atoms with Crippen LogP contribution in [0.3, 0.4) is 0 Å². The van der Waals surface area contributed by atoms with E-state index >= 15 is 0 Å². The van der Waals surface area contributed by atoms with Gasteiger partial charge < -0.3 is 9.64 Å². The van der Waals surface area contributed by atoms with E-state index in [4.69, 9.17) is 16.3 Å². The fourth-order valence-electron chi connectivity index (χ4n) is 3.70. The normalized spacial score (nSPS) is 32.9. The first-order valence-corrected chi connectivity index (χ1v) is 9.39. The van der Waals surface area contributed by atoms with Crippen LogP contribution in [-0.4, -0.2) is 68.7 Å². The minimum Gasteiger partial charge on any atom is -0.467 e. The van der Waals surface area contributed by atoms with Crippen LogP contribution in [0, 0.1) is 0 Å². The molecule has 1 aromatic rings. The van der Waals surface area contributed by atoms with Crippen LogP contribution in [0.25, 0.3) is 0 Å². The zero-order valence-electron chi connectivity index (χ0n) is 14.0. The van der Waals surface area contributed by atoms with Crippen molar-refractivity contribution in [1.82, 2.24) is 9.80 Å². The Bertz CT molecular complexity index is 822. The number of carbonyl (C=O) groups excluding carboxylic acids is 4. The standard InChI is InChI=1S/C17H15ClN2O5S/c1-17(18)7-26-15-10(14(23)20(15)11(17)16(24)25-2)19-12(21)8-5-3-4-6-9(8)13(19)22/h3-6,10-11,15H,7H2,1-2H3/t10?,11?,15-,17-/m1/s1. The fourth-order valence-corrected chi connectivity index (χ4v) is 5.55. The van der Waals surface area contributed by atoms with E-state index in [1.165, 1.54) is 23.8 Å². The number of rotatable bonds is 2. The van der Waals surface area contributed by atoms with Gasteiger partial charge in [-0.25, -0.2) is 4.79 Å². The number of nitrogens with zero attached hydrogens (tertiary/aromatic N) is 2. The van der Waals surface area contributed by atoms with Gasteiger partial charge in [0.1, 0.15) is 11.4 Å². The van der Waals surface area contributed by atoms with Crippen LogP contribution in [0.1, 0.15) is 27.6 Å².